The summed E-state index contributed by atoms with van der Waals surface area (Å²) in [6, 6.07) is 11.5. The van der Waals surface area contributed by atoms with Gasteiger partial charge in [-0.3, -0.25) is 9.69 Å². The van der Waals surface area contributed by atoms with Crippen LogP contribution in [0.25, 0.3) is 6.08 Å². The molecule has 0 radical (unpaired) electrons. The summed E-state index contributed by atoms with van der Waals surface area (Å²) in [7, 11) is 1.67. The van der Waals surface area contributed by atoms with E-state index in [1.807, 2.05) is 18.2 Å². The number of halogens is 1. The molecule has 2 aromatic rings. The Morgan fingerprint density at radius 2 is 1.79 bits per heavy atom. The van der Waals surface area contributed by atoms with Gasteiger partial charge in [-0.2, -0.15) is 0 Å². The molecule has 2 aromatic carbocycles. The van der Waals surface area contributed by atoms with E-state index in [4.69, 9.17) is 33.3 Å². The van der Waals surface area contributed by atoms with Gasteiger partial charge < -0.3 is 9.47 Å². The summed E-state index contributed by atoms with van der Waals surface area (Å²) in [5, 5.41) is 0.578. The molecule has 1 aliphatic heterocycles. The molecule has 0 spiro atoms. The van der Waals surface area contributed by atoms with Crippen LogP contribution in [0.15, 0.2) is 41.3 Å². The van der Waals surface area contributed by atoms with Crippen molar-refractivity contribution in [1.82, 2.24) is 4.90 Å². The van der Waals surface area contributed by atoms with Gasteiger partial charge in [0.2, 0.25) is 0 Å². The van der Waals surface area contributed by atoms with E-state index in [-0.39, 0.29) is 5.91 Å². The van der Waals surface area contributed by atoms with Crippen molar-refractivity contribution in [2.45, 2.75) is 20.3 Å². The van der Waals surface area contributed by atoms with Crippen molar-refractivity contribution in [2.75, 3.05) is 20.3 Å². The maximum absolute atomic E-state index is 12.3. The van der Waals surface area contributed by atoms with Gasteiger partial charge in [0, 0.05) is 24.1 Å². The smallest absolute Gasteiger partial charge is 0.265 e. The van der Waals surface area contributed by atoms with Gasteiger partial charge in [-0.15, -0.1) is 0 Å². The fourth-order valence-corrected chi connectivity index (χ4v) is 4.25. The van der Waals surface area contributed by atoms with Crippen LogP contribution in [0.2, 0.25) is 5.02 Å². The van der Waals surface area contributed by atoms with Crippen LogP contribution < -0.4 is 9.47 Å². The summed E-state index contributed by atoms with van der Waals surface area (Å²) in [4.78, 5) is 14.3. The van der Waals surface area contributed by atoms with Gasteiger partial charge in [-0.25, -0.2) is 0 Å². The second-order valence-corrected chi connectivity index (χ2v) is 8.91. The SMILES string of the molecule is Cc1cc(C)cc(OCCCOc2ccc(Cl)cc2/C=C2/SC(=S)N(C)C2=O)c1. The number of ether oxygens (including phenoxy) is 2. The number of hydrogen-bond acceptors (Lipinski definition) is 5. The van der Waals surface area contributed by atoms with E-state index in [2.05, 4.69) is 19.9 Å². The average Bonchev–Trinajstić information content (AvgIpc) is 2.89. The number of aryl methyl sites for hydroxylation is 2. The van der Waals surface area contributed by atoms with Gasteiger partial charge in [0.25, 0.3) is 5.91 Å². The lowest BCUT2D eigenvalue weighted by Gasteiger charge is -2.11. The van der Waals surface area contributed by atoms with Crippen LogP contribution >= 0.6 is 35.6 Å². The number of amides is 1. The molecule has 4 nitrogen and oxygen atoms in total. The molecule has 1 saturated heterocycles. The van der Waals surface area contributed by atoms with Crippen molar-refractivity contribution in [3.8, 4) is 11.5 Å². The second-order valence-electron chi connectivity index (χ2n) is 6.80. The number of rotatable bonds is 7. The molecule has 0 aliphatic carbocycles. The molecule has 0 aromatic heterocycles. The van der Waals surface area contributed by atoms with Crippen LogP contribution in [0.3, 0.4) is 0 Å². The summed E-state index contributed by atoms with van der Waals surface area (Å²) in [5.41, 5.74) is 3.11. The Kier molecular flexibility index (Phi) is 7.22. The van der Waals surface area contributed by atoms with E-state index in [0.29, 0.717) is 33.2 Å². The first-order valence-electron chi connectivity index (χ1n) is 9.18. The van der Waals surface area contributed by atoms with E-state index in [1.165, 1.54) is 27.8 Å². The Morgan fingerprint density at radius 3 is 2.45 bits per heavy atom. The average molecular weight is 448 g/mol. The minimum absolute atomic E-state index is 0.118. The first kappa shape index (κ1) is 21.7. The minimum Gasteiger partial charge on any atom is -0.493 e. The van der Waals surface area contributed by atoms with Gasteiger partial charge >= 0.3 is 0 Å². The zero-order valence-electron chi connectivity index (χ0n) is 16.5. The normalized spacial score (nSPS) is 15.3. The van der Waals surface area contributed by atoms with Crippen molar-refractivity contribution >= 4 is 51.9 Å². The summed E-state index contributed by atoms with van der Waals surface area (Å²) in [6.45, 7) is 5.15. The van der Waals surface area contributed by atoms with Crippen molar-refractivity contribution in [3.63, 3.8) is 0 Å². The molecule has 3 rings (SSSR count). The van der Waals surface area contributed by atoms with Gasteiger partial charge in [0.1, 0.15) is 15.8 Å². The molecule has 7 heteroatoms. The molecular formula is C22H22ClNO3S2. The van der Waals surface area contributed by atoms with Crippen molar-refractivity contribution in [3.05, 3.63) is 63.0 Å². The zero-order valence-corrected chi connectivity index (χ0v) is 18.9. The molecule has 0 atom stereocenters. The van der Waals surface area contributed by atoms with Crippen LogP contribution in [0.5, 0.6) is 11.5 Å². The number of hydrogen-bond donors (Lipinski definition) is 0. The molecular weight excluding hydrogens is 426 g/mol. The number of thioether (sulfide) groups is 1. The summed E-state index contributed by atoms with van der Waals surface area (Å²) < 4.78 is 12.3. The first-order valence-corrected chi connectivity index (χ1v) is 10.8. The second kappa shape index (κ2) is 9.65. The van der Waals surface area contributed by atoms with Gasteiger partial charge in [-0.1, -0.05) is 41.6 Å². The molecule has 0 saturated carbocycles. The van der Waals surface area contributed by atoms with E-state index >= 15 is 0 Å². The quantitative estimate of drug-likeness (QED) is 0.312. The summed E-state index contributed by atoms with van der Waals surface area (Å²) >= 11 is 12.6. The topological polar surface area (TPSA) is 38.8 Å². The van der Waals surface area contributed by atoms with Gasteiger partial charge in [-0.05, 0) is 61.4 Å². The minimum atomic E-state index is -0.118. The van der Waals surface area contributed by atoms with E-state index < -0.39 is 0 Å². The molecule has 0 bridgehead atoms. The molecule has 0 unspecified atom stereocenters. The number of carbonyl (C=O) groups excluding carboxylic acids is 1. The van der Waals surface area contributed by atoms with Crippen LogP contribution in [0, 0.1) is 13.8 Å². The first-order chi connectivity index (χ1) is 13.8. The lowest BCUT2D eigenvalue weighted by atomic mass is 10.1. The number of benzene rings is 2. The lowest BCUT2D eigenvalue weighted by Crippen LogP contribution is -2.22. The number of thiocarbonyl (C=S) groups is 1. The number of nitrogens with zero attached hydrogens (tertiary/aromatic N) is 1. The Hall–Kier alpha value is -2.02. The Labute approximate surface area is 185 Å². The van der Waals surface area contributed by atoms with E-state index in [0.717, 1.165) is 17.7 Å². The van der Waals surface area contributed by atoms with Gasteiger partial charge in [0.15, 0.2) is 0 Å². The highest BCUT2D eigenvalue weighted by atomic mass is 35.5. The third-order valence-corrected chi connectivity index (χ3v) is 5.97. The molecule has 1 heterocycles. The fraction of sp³-hybridized carbons (Fsp3) is 0.273. The Bertz CT molecular complexity index is 954. The molecule has 0 N–H and O–H groups in total. The Morgan fingerprint density at radius 1 is 1.10 bits per heavy atom. The lowest BCUT2D eigenvalue weighted by molar-refractivity contribution is -0.121. The van der Waals surface area contributed by atoms with Crippen LogP contribution in [0.1, 0.15) is 23.1 Å². The third kappa shape index (κ3) is 5.75. The summed E-state index contributed by atoms with van der Waals surface area (Å²) in [6.07, 6.45) is 2.50. The van der Waals surface area contributed by atoms with Crippen LogP contribution in [-0.4, -0.2) is 35.4 Å². The van der Waals surface area contributed by atoms with Crippen LogP contribution in [-0.2, 0) is 4.79 Å². The van der Waals surface area contributed by atoms with Crippen molar-refractivity contribution in [2.24, 2.45) is 0 Å². The van der Waals surface area contributed by atoms with Crippen LogP contribution in [0.4, 0.5) is 0 Å². The van der Waals surface area contributed by atoms with Crippen molar-refractivity contribution in [1.29, 1.82) is 0 Å². The van der Waals surface area contributed by atoms with E-state index in [1.54, 1.807) is 25.3 Å². The standard InChI is InChI=1S/C22H22ClNO3S2/c1-14-9-15(2)11-18(10-14)26-7-4-8-27-19-6-5-17(23)12-16(19)13-20-21(25)24(3)22(28)29-20/h5-6,9-13H,4,7-8H2,1-3H3/b20-13+. The molecule has 1 fully saturated rings. The third-order valence-electron chi connectivity index (χ3n) is 4.26. The van der Waals surface area contributed by atoms with E-state index in [9.17, 15) is 4.79 Å². The number of carbonyl (C=O) groups is 1. The monoisotopic (exact) mass is 447 g/mol. The molecule has 1 aliphatic rings. The molecule has 1 amide bonds. The van der Waals surface area contributed by atoms with Gasteiger partial charge in [0.05, 0.1) is 18.1 Å². The maximum atomic E-state index is 12.3. The predicted molar refractivity (Wildman–Crippen MR) is 124 cm³/mol. The zero-order chi connectivity index (χ0) is 21.0. The fourth-order valence-electron chi connectivity index (χ4n) is 2.90. The summed E-state index contributed by atoms with van der Waals surface area (Å²) in [5.74, 6) is 1.42. The highest BCUT2D eigenvalue weighted by Gasteiger charge is 2.29. The maximum Gasteiger partial charge on any atom is 0.265 e. The highest BCUT2D eigenvalue weighted by Crippen LogP contribution is 2.34. The molecule has 152 valence electrons. The molecule has 29 heavy (non-hydrogen) atoms. The Balaban J connectivity index is 1.60. The van der Waals surface area contributed by atoms with Crippen molar-refractivity contribution < 1.29 is 14.3 Å². The number of likely N-dealkylation sites (N-methyl/N-ethyl adjacent to an activating group) is 1. The highest BCUT2D eigenvalue weighted by molar-refractivity contribution is 8.26. The predicted octanol–water partition coefficient (Wildman–Crippen LogP) is 5.64. The largest absolute Gasteiger partial charge is 0.493 e.